The highest BCUT2D eigenvalue weighted by molar-refractivity contribution is 9.09. The summed E-state index contributed by atoms with van der Waals surface area (Å²) in [6.45, 7) is -1.17. The van der Waals surface area contributed by atoms with Crippen molar-refractivity contribution in [2.45, 2.75) is 20.0 Å². The van der Waals surface area contributed by atoms with Crippen molar-refractivity contribution in [1.82, 2.24) is 0 Å². The summed E-state index contributed by atoms with van der Waals surface area (Å²) in [5, 5.41) is 0.256. The molecule has 0 aliphatic carbocycles. The number of aryl methyl sites for hydroxylation is 1. The second kappa shape index (κ2) is 5.94. The number of rotatable bonds is 5. The molecule has 0 bridgehead atoms. The summed E-state index contributed by atoms with van der Waals surface area (Å²) in [7, 11) is 0. The van der Waals surface area contributed by atoms with Gasteiger partial charge in [0.15, 0.2) is 0 Å². The predicted octanol–water partition coefficient (Wildman–Crippen LogP) is 3.10. The van der Waals surface area contributed by atoms with Gasteiger partial charge in [-0.1, -0.05) is 28.1 Å². The number of carbonyl (C=O) groups excluding carboxylic acids is 1. The molecule has 2 nitrogen and oxygen atoms in total. The minimum Gasteiger partial charge on any atom is -0.435 e. The van der Waals surface area contributed by atoms with E-state index >= 15 is 0 Å². The highest BCUT2D eigenvalue weighted by Crippen LogP contribution is 2.22. The Bertz CT molecular complexity index is 380. The molecule has 0 unspecified atom stereocenters. The molecule has 0 spiro atoms. The zero-order valence-electron chi connectivity index (χ0n) is 8.67. The van der Waals surface area contributed by atoms with E-state index in [1.807, 2.05) is 0 Å². The first-order chi connectivity index (χ1) is 7.52. The number of alkyl halides is 3. The number of ether oxygens (including phenoxy) is 1. The smallest absolute Gasteiger partial charge is 0.387 e. The van der Waals surface area contributed by atoms with Gasteiger partial charge in [-0.25, -0.2) is 0 Å². The Labute approximate surface area is 101 Å². The van der Waals surface area contributed by atoms with Gasteiger partial charge in [0.1, 0.15) is 11.5 Å². The van der Waals surface area contributed by atoms with E-state index in [0.717, 1.165) is 0 Å². The van der Waals surface area contributed by atoms with Gasteiger partial charge in [-0.3, -0.25) is 4.79 Å². The number of halogens is 3. The molecule has 88 valence electrons. The van der Waals surface area contributed by atoms with E-state index in [1.54, 1.807) is 19.1 Å². The highest BCUT2D eigenvalue weighted by Gasteiger charge is 2.09. The van der Waals surface area contributed by atoms with Crippen molar-refractivity contribution in [3.05, 3.63) is 29.3 Å². The van der Waals surface area contributed by atoms with Gasteiger partial charge in [-0.15, -0.1) is 0 Å². The van der Waals surface area contributed by atoms with Crippen molar-refractivity contribution < 1.29 is 18.3 Å². The minimum absolute atomic E-state index is 0.00755. The average Bonchev–Trinajstić information content (AvgIpc) is 2.22. The monoisotopic (exact) mass is 292 g/mol. The maximum absolute atomic E-state index is 12.1. The molecule has 0 amide bonds. The van der Waals surface area contributed by atoms with Crippen molar-refractivity contribution in [2.75, 3.05) is 5.33 Å². The molecule has 0 radical (unpaired) electrons. The summed E-state index contributed by atoms with van der Waals surface area (Å²) in [4.78, 5) is 11.2. The molecule has 1 rings (SSSR count). The third kappa shape index (κ3) is 3.89. The number of hydrogen-bond acceptors (Lipinski definition) is 2. The van der Waals surface area contributed by atoms with E-state index in [0.29, 0.717) is 11.1 Å². The molecule has 0 aromatic heterocycles. The lowest BCUT2D eigenvalue weighted by Gasteiger charge is -2.09. The van der Waals surface area contributed by atoms with E-state index in [-0.39, 0.29) is 23.3 Å². The van der Waals surface area contributed by atoms with Crippen LogP contribution in [0.3, 0.4) is 0 Å². The molecule has 0 aliphatic heterocycles. The number of Topliss-reactive ketones (excluding diaryl/α,β-unsaturated/α-hetero) is 1. The first-order valence-electron chi connectivity index (χ1n) is 4.65. The Balaban J connectivity index is 2.84. The van der Waals surface area contributed by atoms with Gasteiger partial charge in [-0.05, 0) is 24.1 Å². The van der Waals surface area contributed by atoms with Crippen LogP contribution in [0.2, 0.25) is 0 Å². The molecule has 0 N–H and O–H groups in total. The second-order valence-electron chi connectivity index (χ2n) is 3.33. The lowest BCUT2D eigenvalue weighted by molar-refractivity contribution is -0.115. The Morgan fingerprint density at radius 1 is 1.50 bits per heavy atom. The van der Waals surface area contributed by atoms with Gasteiger partial charge in [0.2, 0.25) is 0 Å². The summed E-state index contributed by atoms with van der Waals surface area (Å²) < 4.78 is 28.5. The van der Waals surface area contributed by atoms with Crippen LogP contribution < -0.4 is 4.74 Å². The van der Waals surface area contributed by atoms with Crippen LogP contribution in [0, 0.1) is 6.92 Å². The molecular weight excluding hydrogens is 282 g/mol. The van der Waals surface area contributed by atoms with E-state index in [4.69, 9.17) is 0 Å². The van der Waals surface area contributed by atoms with Gasteiger partial charge in [0.05, 0.1) is 5.33 Å². The molecule has 5 heteroatoms. The van der Waals surface area contributed by atoms with E-state index < -0.39 is 6.61 Å². The summed E-state index contributed by atoms with van der Waals surface area (Å²) in [5.74, 6) is 0.113. The van der Waals surface area contributed by atoms with Crippen molar-refractivity contribution in [2.24, 2.45) is 0 Å². The predicted molar refractivity (Wildman–Crippen MR) is 60.3 cm³/mol. The highest BCUT2D eigenvalue weighted by atomic mass is 79.9. The van der Waals surface area contributed by atoms with Gasteiger partial charge in [-0.2, -0.15) is 8.78 Å². The van der Waals surface area contributed by atoms with Crippen molar-refractivity contribution >= 4 is 21.7 Å². The number of ketones is 1. The second-order valence-corrected chi connectivity index (χ2v) is 3.89. The molecule has 0 aliphatic rings. The fraction of sp³-hybridized carbons (Fsp3) is 0.364. The molecule has 0 atom stereocenters. The molecule has 1 aromatic carbocycles. The van der Waals surface area contributed by atoms with Gasteiger partial charge >= 0.3 is 6.61 Å². The van der Waals surface area contributed by atoms with Crippen LogP contribution in [0.15, 0.2) is 18.2 Å². The molecule has 0 heterocycles. The Morgan fingerprint density at radius 3 is 2.75 bits per heavy atom. The average molecular weight is 293 g/mol. The molecule has 0 saturated carbocycles. The lowest BCUT2D eigenvalue weighted by Crippen LogP contribution is -2.06. The van der Waals surface area contributed by atoms with Gasteiger partial charge < -0.3 is 4.74 Å². The van der Waals surface area contributed by atoms with Gasteiger partial charge in [0.25, 0.3) is 0 Å². The molecule has 1 aromatic rings. The number of benzene rings is 1. The summed E-state index contributed by atoms with van der Waals surface area (Å²) >= 11 is 3.04. The Hall–Kier alpha value is -0.970. The van der Waals surface area contributed by atoms with Crippen molar-refractivity contribution in [3.63, 3.8) is 0 Å². The Morgan fingerprint density at radius 2 is 2.19 bits per heavy atom. The van der Waals surface area contributed by atoms with Crippen LogP contribution in [0.4, 0.5) is 8.78 Å². The molecular formula is C11H11BrF2O2. The third-order valence-electron chi connectivity index (χ3n) is 2.02. The minimum atomic E-state index is -2.85. The summed E-state index contributed by atoms with van der Waals surface area (Å²) in [6, 6.07) is 4.87. The topological polar surface area (TPSA) is 26.3 Å². The quantitative estimate of drug-likeness (QED) is 0.780. The van der Waals surface area contributed by atoms with E-state index in [1.165, 1.54) is 6.07 Å². The van der Waals surface area contributed by atoms with Crippen LogP contribution in [0.25, 0.3) is 0 Å². The van der Waals surface area contributed by atoms with Gasteiger partial charge in [0, 0.05) is 6.42 Å². The van der Waals surface area contributed by atoms with Crippen molar-refractivity contribution in [1.29, 1.82) is 0 Å². The number of carbonyl (C=O) groups is 1. The Kier molecular flexibility index (Phi) is 4.86. The molecule has 0 fully saturated rings. The fourth-order valence-electron chi connectivity index (χ4n) is 1.25. The summed E-state index contributed by atoms with van der Waals surface area (Å²) in [6.07, 6.45) is 0.213. The van der Waals surface area contributed by atoms with Crippen LogP contribution in [0.5, 0.6) is 5.75 Å². The van der Waals surface area contributed by atoms with Crippen LogP contribution in [-0.4, -0.2) is 17.7 Å². The first-order valence-corrected chi connectivity index (χ1v) is 5.77. The normalized spacial score (nSPS) is 10.6. The number of hydrogen-bond donors (Lipinski definition) is 0. The van der Waals surface area contributed by atoms with E-state index in [2.05, 4.69) is 20.7 Å². The summed E-state index contributed by atoms with van der Waals surface area (Å²) in [5.41, 5.74) is 1.29. The maximum Gasteiger partial charge on any atom is 0.387 e. The third-order valence-corrected chi connectivity index (χ3v) is 2.64. The lowest BCUT2D eigenvalue weighted by atomic mass is 10.1. The van der Waals surface area contributed by atoms with E-state index in [9.17, 15) is 13.6 Å². The molecule has 16 heavy (non-hydrogen) atoms. The van der Waals surface area contributed by atoms with Crippen molar-refractivity contribution in [3.8, 4) is 5.75 Å². The zero-order valence-corrected chi connectivity index (χ0v) is 10.3. The van der Waals surface area contributed by atoms with Crippen LogP contribution in [-0.2, 0) is 11.2 Å². The standard InChI is InChI=1S/C11H11BrF2O2/c1-7-2-3-8(4-9(15)6-12)5-10(7)16-11(13)14/h2-3,5,11H,4,6H2,1H3. The maximum atomic E-state index is 12.1. The molecule has 0 saturated heterocycles. The fourth-order valence-corrected chi connectivity index (χ4v) is 1.45. The van der Waals surface area contributed by atoms with Crippen LogP contribution >= 0.6 is 15.9 Å². The largest absolute Gasteiger partial charge is 0.435 e. The first kappa shape index (κ1) is 13.1. The zero-order chi connectivity index (χ0) is 12.1. The SMILES string of the molecule is Cc1ccc(CC(=O)CBr)cc1OC(F)F. The van der Waals surface area contributed by atoms with Crippen LogP contribution in [0.1, 0.15) is 11.1 Å².